The van der Waals surface area contributed by atoms with Gasteiger partial charge in [0.05, 0.1) is 39.5 Å². The highest BCUT2D eigenvalue weighted by atomic mass is 35.5. The average molecular weight is 1150 g/mol. The third kappa shape index (κ3) is 21.2. The summed E-state index contributed by atoms with van der Waals surface area (Å²) in [6, 6.07) is 16.0. The molecular formula is C49H58Cl2F4N8O11S2. The van der Waals surface area contributed by atoms with Crippen LogP contribution in [0.3, 0.4) is 0 Å². The van der Waals surface area contributed by atoms with Gasteiger partial charge >= 0.3 is 17.8 Å². The molecule has 6 amide bonds. The van der Waals surface area contributed by atoms with E-state index in [1.807, 2.05) is 13.8 Å². The van der Waals surface area contributed by atoms with Gasteiger partial charge in [-0.2, -0.15) is 0 Å². The van der Waals surface area contributed by atoms with Crippen molar-refractivity contribution in [3.8, 4) is 35.8 Å². The van der Waals surface area contributed by atoms with Crippen molar-refractivity contribution in [2.75, 3.05) is 106 Å². The number of rotatable bonds is 18. The molecule has 4 aromatic rings. The zero-order valence-electron chi connectivity index (χ0n) is 41.8. The molecule has 19 nitrogen and oxygen atoms in total. The standard InChI is InChI=1S/C23H25ClF2N4O6S.C22H25ClF2N4O5S.C2H6.C2H2/c1-28(22(32)23(33)29-8-10-35-11-9-29)6-7-30(14-20(31)27-34)37-17-12-18(25)21(19(26)13-17)36-16-4-2-15(24)3-5-16;1-27(22(31)28-8-10-33-11-9-28)6-7-29(14-20(30)26-32)35-17-12-18(24)21(19(25)13-17)34-16-4-2-15(23)3-5-16;2*1-2/h2-5,12-13,34H,6-11,14H2,1H3,(H,27,31);2-5,12-13,32H,6-11,14H2,1H3,(H,26,30);1-2H3;1-2H. The summed E-state index contributed by atoms with van der Waals surface area (Å²) < 4.78 is 82.6. The number of carbonyl (C=O) groups excluding carboxylic acids is 5. The van der Waals surface area contributed by atoms with E-state index in [0.29, 0.717) is 62.7 Å². The van der Waals surface area contributed by atoms with Gasteiger partial charge in [-0.1, -0.05) is 37.0 Å². The lowest BCUT2D eigenvalue weighted by Crippen LogP contribution is -2.49. The highest BCUT2D eigenvalue weighted by Crippen LogP contribution is 2.35. The van der Waals surface area contributed by atoms with Crippen LogP contribution in [0.5, 0.6) is 23.0 Å². The van der Waals surface area contributed by atoms with E-state index in [-0.39, 0.29) is 66.6 Å². The van der Waals surface area contributed by atoms with E-state index in [9.17, 15) is 41.5 Å². The van der Waals surface area contributed by atoms with Crippen LogP contribution < -0.4 is 20.4 Å². The minimum absolute atomic E-state index is 0.0172. The molecule has 0 bridgehead atoms. The maximum Gasteiger partial charge on any atom is 0.319 e. The van der Waals surface area contributed by atoms with Crippen molar-refractivity contribution in [1.29, 1.82) is 0 Å². The van der Waals surface area contributed by atoms with Crippen molar-refractivity contribution >= 4 is 76.8 Å². The molecule has 414 valence electrons. The van der Waals surface area contributed by atoms with Crippen molar-refractivity contribution in [2.45, 2.75) is 23.6 Å². The SMILES string of the molecule is C#C.CC.CN(CCN(CC(=O)NO)Sc1cc(F)c(Oc2ccc(Cl)cc2)c(F)c1)C(=O)C(=O)N1CCOCC1.CN(CCN(CC(=O)NO)Sc1cc(F)c(Oc2ccc(Cl)cc2)c(F)c1)C(=O)N1CCOCC1. The zero-order chi connectivity index (χ0) is 56.3. The molecule has 0 atom stereocenters. The number of hydrogen-bond donors (Lipinski definition) is 4. The molecule has 2 saturated heterocycles. The van der Waals surface area contributed by atoms with Gasteiger partial charge in [0.25, 0.3) is 11.8 Å². The Labute approximate surface area is 456 Å². The molecule has 0 spiro atoms. The van der Waals surface area contributed by atoms with Crippen LogP contribution in [0.4, 0.5) is 22.4 Å². The molecule has 6 rings (SSSR count). The van der Waals surface area contributed by atoms with E-state index in [1.165, 1.54) is 89.8 Å². The third-order valence-corrected chi connectivity index (χ3v) is 12.7. The molecular weight excluding hydrogens is 1090 g/mol. The quantitative estimate of drug-likeness (QED) is 0.0191. The Morgan fingerprint density at radius 3 is 1.30 bits per heavy atom. The minimum Gasteiger partial charge on any atom is -0.451 e. The molecule has 27 heteroatoms. The number of hydrogen-bond acceptors (Lipinski definition) is 15. The number of benzene rings is 4. The van der Waals surface area contributed by atoms with Crippen molar-refractivity contribution < 1.29 is 70.9 Å². The summed E-state index contributed by atoms with van der Waals surface area (Å²) in [5.41, 5.74) is 3.02. The van der Waals surface area contributed by atoms with Crippen LogP contribution in [0, 0.1) is 36.1 Å². The summed E-state index contributed by atoms with van der Waals surface area (Å²) >= 11 is 13.3. The molecule has 2 aliphatic heterocycles. The lowest BCUT2D eigenvalue weighted by Gasteiger charge is -2.32. The highest BCUT2D eigenvalue weighted by Gasteiger charge is 2.28. The highest BCUT2D eigenvalue weighted by molar-refractivity contribution is 7.97. The molecule has 0 saturated carbocycles. The van der Waals surface area contributed by atoms with E-state index < -0.39 is 58.4 Å². The van der Waals surface area contributed by atoms with Gasteiger partial charge in [-0.05, 0) is 96.7 Å². The second-order valence-corrected chi connectivity index (χ2v) is 18.7. The average Bonchev–Trinajstić information content (AvgIpc) is 3.43. The van der Waals surface area contributed by atoms with Gasteiger partial charge in [0.15, 0.2) is 34.8 Å². The maximum atomic E-state index is 14.7. The van der Waals surface area contributed by atoms with Gasteiger partial charge in [0.2, 0.25) is 0 Å². The molecule has 0 aromatic heterocycles. The molecule has 4 aromatic carbocycles. The first-order chi connectivity index (χ1) is 36.4. The zero-order valence-corrected chi connectivity index (χ0v) is 45.0. The van der Waals surface area contributed by atoms with Crippen molar-refractivity contribution in [1.82, 2.24) is 39.2 Å². The van der Waals surface area contributed by atoms with Crippen LogP contribution in [0.25, 0.3) is 0 Å². The van der Waals surface area contributed by atoms with Crippen molar-refractivity contribution in [2.24, 2.45) is 0 Å². The fourth-order valence-corrected chi connectivity index (χ4v) is 8.58. The smallest absolute Gasteiger partial charge is 0.319 e. The lowest BCUT2D eigenvalue weighted by atomic mass is 10.3. The molecule has 76 heavy (non-hydrogen) atoms. The molecule has 4 N–H and O–H groups in total. The second kappa shape index (κ2) is 33.9. The number of terminal acetylenes is 1. The van der Waals surface area contributed by atoms with E-state index in [1.54, 1.807) is 11.9 Å². The van der Waals surface area contributed by atoms with Crippen LogP contribution in [-0.2, 0) is 28.7 Å². The monoisotopic (exact) mass is 1140 g/mol. The molecule has 2 fully saturated rings. The molecule has 2 aliphatic rings. The van der Waals surface area contributed by atoms with E-state index in [0.717, 1.165) is 48.2 Å². The fraction of sp³-hybridized carbons (Fsp3) is 0.367. The third-order valence-electron chi connectivity index (χ3n) is 10.2. The Kier molecular flexibility index (Phi) is 28.6. The molecule has 0 aliphatic carbocycles. The first-order valence-electron chi connectivity index (χ1n) is 23.0. The Morgan fingerprint density at radius 2 is 0.947 bits per heavy atom. The fourth-order valence-electron chi connectivity index (χ4n) is 6.40. The predicted molar refractivity (Wildman–Crippen MR) is 277 cm³/mol. The summed E-state index contributed by atoms with van der Waals surface area (Å²) in [6.45, 7) is 7.01. The number of nitrogens with zero attached hydrogens (tertiary/aromatic N) is 6. The van der Waals surface area contributed by atoms with E-state index in [4.69, 9.17) is 52.6 Å². The summed E-state index contributed by atoms with van der Waals surface area (Å²) in [6.07, 6.45) is 8.00. The normalized spacial score (nSPS) is 12.9. The number of urea groups is 1. The van der Waals surface area contributed by atoms with Gasteiger partial charge in [-0.15, -0.1) is 12.8 Å². The lowest BCUT2D eigenvalue weighted by molar-refractivity contribution is -0.153. The van der Waals surface area contributed by atoms with Crippen molar-refractivity contribution in [3.05, 3.63) is 106 Å². The number of hydroxylamine groups is 2. The topological polar surface area (TPSA) is 206 Å². The van der Waals surface area contributed by atoms with Crippen LogP contribution in [0.2, 0.25) is 10.0 Å². The van der Waals surface area contributed by atoms with Crippen molar-refractivity contribution in [3.63, 3.8) is 0 Å². The summed E-state index contributed by atoms with van der Waals surface area (Å²) in [5.74, 6) is -7.53. The number of ether oxygens (including phenoxy) is 4. The first kappa shape index (κ1) is 64.2. The predicted octanol–water partition coefficient (Wildman–Crippen LogP) is 7.43. The Hall–Kier alpha value is -6.05. The largest absolute Gasteiger partial charge is 0.451 e. The Balaban J connectivity index is 0.000000376. The van der Waals surface area contributed by atoms with Gasteiger partial charge < -0.3 is 38.5 Å². The Bertz CT molecular complexity index is 2490. The second-order valence-electron chi connectivity index (χ2n) is 15.5. The van der Waals surface area contributed by atoms with Crippen LogP contribution in [0.15, 0.2) is 82.6 Å². The van der Waals surface area contributed by atoms with Crippen LogP contribution >= 0.6 is 47.1 Å². The van der Waals surface area contributed by atoms with Gasteiger partial charge in [-0.3, -0.25) is 29.6 Å². The summed E-state index contributed by atoms with van der Waals surface area (Å²) in [5, 5.41) is 18.7. The summed E-state index contributed by atoms with van der Waals surface area (Å²) in [7, 11) is 3.05. The number of nitrogens with one attached hydrogen (secondary N) is 2. The van der Waals surface area contributed by atoms with Crippen LogP contribution in [-0.4, -0.2) is 174 Å². The van der Waals surface area contributed by atoms with Gasteiger partial charge in [-0.25, -0.2) is 41.9 Å². The first-order valence-corrected chi connectivity index (χ1v) is 25.3. The number of amides is 6. The van der Waals surface area contributed by atoms with E-state index in [2.05, 4.69) is 12.8 Å². The number of halogens is 6. The summed E-state index contributed by atoms with van der Waals surface area (Å²) in [4.78, 5) is 67.0. The maximum absolute atomic E-state index is 14.7. The van der Waals surface area contributed by atoms with E-state index >= 15 is 0 Å². The number of likely N-dealkylation sites (N-methyl/N-ethyl adjacent to an activating group) is 2. The number of morpholine rings is 2. The number of carbonyl (C=O) groups is 5. The van der Waals surface area contributed by atoms with Gasteiger partial charge in [0.1, 0.15) is 11.5 Å². The van der Waals surface area contributed by atoms with Gasteiger partial charge in [0, 0.05) is 86.3 Å². The van der Waals surface area contributed by atoms with Crippen LogP contribution in [0.1, 0.15) is 13.8 Å². The molecule has 0 unspecified atom stereocenters. The molecule has 0 radical (unpaired) electrons. The Morgan fingerprint density at radius 1 is 0.605 bits per heavy atom. The minimum atomic E-state index is -0.979. The molecule has 2 heterocycles.